The van der Waals surface area contributed by atoms with Crippen LogP contribution in [0.3, 0.4) is 0 Å². The molecular weight excluding hydrogens is 779 g/mol. The summed E-state index contributed by atoms with van der Waals surface area (Å²) in [5, 5.41) is 50.1. The van der Waals surface area contributed by atoms with Crippen LogP contribution in [0.2, 0.25) is 0 Å². The Kier molecular flexibility index (Phi) is 32.5. The van der Waals surface area contributed by atoms with Gasteiger partial charge in [-0.3, -0.25) is 18.6 Å². The van der Waals surface area contributed by atoms with Crippen molar-refractivity contribution in [1.82, 2.24) is 0 Å². The summed E-state index contributed by atoms with van der Waals surface area (Å²) in [6.45, 7) is 3.12. The molecule has 0 aliphatic heterocycles. The highest BCUT2D eigenvalue weighted by atomic mass is 31.2. The van der Waals surface area contributed by atoms with Gasteiger partial charge in [0, 0.05) is 12.8 Å². The van der Waals surface area contributed by atoms with Crippen LogP contribution in [-0.4, -0.2) is 98.3 Å². The van der Waals surface area contributed by atoms with E-state index >= 15 is 0 Å². The van der Waals surface area contributed by atoms with Crippen LogP contribution < -0.4 is 0 Å². The molecule has 0 saturated heterocycles. The zero-order valence-corrected chi connectivity index (χ0v) is 36.7. The van der Waals surface area contributed by atoms with Crippen LogP contribution in [0, 0.1) is 0 Å². The summed E-state index contributed by atoms with van der Waals surface area (Å²) >= 11 is 0. The minimum atomic E-state index is -5.13. The Bertz CT molecular complexity index is 1270. The number of allylic oxidation sites excluding steroid dienone is 10. The van der Waals surface area contributed by atoms with E-state index in [0.29, 0.717) is 12.8 Å². The highest BCUT2D eigenvalue weighted by Gasteiger charge is 2.51. The van der Waals surface area contributed by atoms with Gasteiger partial charge in [-0.05, 0) is 77.0 Å². The maximum Gasteiger partial charge on any atom is 0.472 e. The first kappa shape index (κ1) is 54.6. The predicted octanol–water partition coefficient (Wildman–Crippen LogP) is 8.16. The van der Waals surface area contributed by atoms with Crippen LogP contribution in [0.15, 0.2) is 60.8 Å². The van der Waals surface area contributed by atoms with Crippen molar-refractivity contribution in [3.63, 3.8) is 0 Å². The number of esters is 2. The second kappa shape index (κ2) is 35.2. The number of phosphoric acid groups is 1. The molecule has 0 radical (unpaired) electrons. The van der Waals surface area contributed by atoms with Crippen LogP contribution in [0.25, 0.3) is 0 Å². The van der Waals surface area contributed by atoms with Gasteiger partial charge in [-0.1, -0.05) is 126 Å². The number of ether oxygens (including phenoxy) is 2. The van der Waals surface area contributed by atoms with E-state index in [0.717, 1.165) is 96.3 Å². The topological polar surface area (TPSA) is 210 Å². The molecule has 340 valence electrons. The van der Waals surface area contributed by atoms with E-state index in [1.54, 1.807) is 0 Å². The smallest absolute Gasteiger partial charge is 0.462 e. The molecule has 59 heavy (non-hydrogen) atoms. The molecule has 0 spiro atoms. The number of rotatable bonds is 35. The molecule has 1 fully saturated rings. The molecule has 0 amide bonds. The van der Waals surface area contributed by atoms with Gasteiger partial charge in [0.1, 0.15) is 43.2 Å². The summed E-state index contributed by atoms with van der Waals surface area (Å²) < 4.78 is 33.4. The van der Waals surface area contributed by atoms with Gasteiger partial charge in [0.25, 0.3) is 0 Å². The minimum absolute atomic E-state index is 0.0740. The van der Waals surface area contributed by atoms with E-state index in [-0.39, 0.29) is 12.8 Å². The molecule has 0 bridgehead atoms. The molecule has 1 saturated carbocycles. The van der Waals surface area contributed by atoms with Crippen LogP contribution >= 0.6 is 7.82 Å². The van der Waals surface area contributed by atoms with Gasteiger partial charge in [0.15, 0.2) is 6.10 Å². The third-order valence-electron chi connectivity index (χ3n) is 9.84. The lowest BCUT2D eigenvalue weighted by Gasteiger charge is -2.41. The molecule has 1 aliphatic rings. The Balaban J connectivity index is 2.51. The van der Waals surface area contributed by atoms with Gasteiger partial charge >= 0.3 is 19.8 Å². The second-order valence-corrected chi connectivity index (χ2v) is 16.6. The second-order valence-electron chi connectivity index (χ2n) is 15.2. The maximum atomic E-state index is 12.8. The van der Waals surface area contributed by atoms with Crippen LogP contribution in [0.5, 0.6) is 0 Å². The summed E-state index contributed by atoms with van der Waals surface area (Å²) in [5.74, 6) is -1.14. The van der Waals surface area contributed by atoms with Crippen molar-refractivity contribution in [2.75, 3.05) is 13.2 Å². The summed E-state index contributed by atoms with van der Waals surface area (Å²) in [4.78, 5) is 35.6. The Morgan fingerprint density at radius 2 is 0.966 bits per heavy atom. The van der Waals surface area contributed by atoms with Gasteiger partial charge in [0.05, 0.1) is 6.61 Å². The first-order chi connectivity index (χ1) is 28.4. The van der Waals surface area contributed by atoms with Crippen molar-refractivity contribution in [3.8, 4) is 0 Å². The van der Waals surface area contributed by atoms with Crippen LogP contribution in [0.4, 0.5) is 0 Å². The molecule has 13 nitrogen and oxygen atoms in total. The first-order valence-corrected chi connectivity index (χ1v) is 23.6. The van der Waals surface area contributed by atoms with Crippen molar-refractivity contribution in [2.24, 2.45) is 0 Å². The SMILES string of the molecule is CC/C=C\C/C=C\C/C=C\CCCCCCCC(=O)OC[C@H](COP(=O)(O)OC1C(O)C(O)C(O)[C@@H](O)C1O)OC(=O)CCCCCCC/C=C\C/C=C\CCCCC. The molecule has 1 rings (SSSR count). The lowest BCUT2D eigenvalue weighted by atomic mass is 9.85. The van der Waals surface area contributed by atoms with Gasteiger partial charge < -0.3 is 39.9 Å². The zero-order valence-electron chi connectivity index (χ0n) is 35.8. The number of carbonyl (C=O) groups is 2. The molecule has 6 unspecified atom stereocenters. The standard InChI is InChI=1S/C45H77O13P/c1-3-5-7-9-11-13-15-17-19-21-23-25-27-29-31-33-38(46)55-35-37(36-56-59(53,54)58-45-43(51)41(49)40(48)42(50)44(45)52)57-39(47)34-32-30-28-26-24-22-20-18-16-14-12-10-8-6-4-2/h5,7,11-14,17-20,37,40-45,48-52H,3-4,6,8-10,15-16,21-36H2,1-2H3,(H,53,54)/b7-5-,13-11-,14-12-,19-17-,20-18-/t37-,40?,41-,42?,43?,44?,45?/m1/s1. The Morgan fingerprint density at radius 3 is 1.47 bits per heavy atom. The third-order valence-corrected chi connectivity index (χ3v) is 10.8. The normalized spacial score (nSPS) is 22.9. The van der Waals surface area contributed by atoms with Gasteiger partial charge in [-0.15, -0.1) is 0 Å². The Morgan fingerprint density at radius 1 is 0.542 bits per heavy atom. The molecule has 0 heterocycles. The number of hydrogen-bond donors (Lipinski definition) is 6. The number of aliphatic hydroxyl groups is 5. The maximum absolute atomic E-state index is 12.8. The number of unbranched alkanes of at least 4 members (excludes halogenated alkanes) is 13. The molecular formula is C45H77O13P. The molecule has 1 aliphatic carbocycles. The summed E-state index contributed by atoms with van der Waals surface area (Å²) in [6.07, 6.45) is 28.5. The first-order valence-electron chi connectivity index (χ1n) is 22.1. The van der Waals surface area contributed by atoms with E-state index < -0.39 is 75.7 Å². The zero-order chi connectivity index (χ0) is 43.6. The summed E-state index contributed by atoms with van der Waals surface area (Å²) in [5.41, 5.74) is 0. The number of phosphoric ester groups is 1. The van der Waals surface area contributed by atoms with Gasteiger partial charge in [-0.25, -0.2) is 4.57 Å². The van der Waals surface area contributed by atoms with Crippen molar-refractivity contribution in [3.05, 3.63) is 60.8 Å². The number of carbonyl (C=O) groups excluding carboxylic acids is 2. The number of aliphatic hydroxyl groups excluding tert-OH is 5. The average molecular weight is 857 g/mol. The van der Waals surface area contributed by atoms with E-state index in [4.69, 9.17) is 18.5 Å². The Labute approximate surface area is 353 Å². The average Bonchev–Trinajstić information content (AvgIpc) is 3.21. The van der Waals surface area contributed by atoms with Crippen LogP contribution in [0.1, 0.15) is 155 Å². The predicted molar refractivity (Wildman–Crippen MR) is 230 cm³/mol. The monoisotopic (exact) mass is 857 g/mol. The molecule has 8 atom stereocenters. The molecule has 0 aromatic heterocycles. The van der Waals surface area contributed by atoms with Crippen molar-refractivity contribution in [2.45, 2.75) is 198 Å². The lowest BCUT2D eigenvalue weighted by Crippen LogP contribution is -2.64. The minimum Gasteiger partial charge on any atom is -0.462 e. The fraction of sp³-hybridized carbons (Fsp3) is 0.733. The van der Waals surface area contributed by atoms with E-state index in [9.17, 15) is 44.6 Å². The molecule has 14 heteroatoms. The largest absolute Gasteiger partial charge is 0.472 e. The van der Waals surface area contributed by atoms with Crippen LogP contribution in [-0.2, 0) is 32.7 Å². The van der Waals surface area contributed by atoms with Gasteiger partial charge in [-0.2, -0.15) is 0 Å². The van der Waals surface area contributed by atoms with E-state index in [1.807, 2.05) is 0 Å². The van der Waals surface area contributed by atoms with Crippen molar-refractivity contribution >= 4 is 19.8 Å². The van der Waals surface area contributed by atoms with Crippen molar-refractivity contribution < 1.29 is 63.1 Å². The number of hydrogen-bond acceptors (Lipinski definition) is 12. The van der Waals surface area contributed by atoms with E-state index in [1.165, 1.54) is 19.3 Å². The van der Waals surface area contributed by atoms with Crippen molar-refractivity contribution in [1.29, 1.82) is 0 Å². The quantitative estimate of drug-likeness (QED) is 0.0154. The molecule has 6 N–H and O–H groups in total. The molecule has 0 aromatic carbocycles. The highest BCUT2D eigenvalue weighted by molar-refractivity contribution is 7.47. The highest BCUT2D eigenvalue weighted by Crippen LogP contribution is 2.47. The fourth-order valence-electron chi connectivity index (χ4n) is 6.27. The fourth-order valence-corrected chi connectivity index (χ4v) is 7.24. The summed E-state index contributed by atoms with van der Waals surface area (Å²) in [7, 11) is -5.13. The lowest BCUT2D eigenvalue weighted by molar-refractivity contribution is -0.220. The van der Waals surface area contributed by atoms with Gasteiger partial charge in [0.2, 0.25) is 0 Å². The van der Waals surface area contributed by atoms with E-state index in [2.05, 4.69) is 74.6 Å². The summed E-state index contributed by atoms with van der Waals surface area (Å²) in [6, 6.07) is 0. The molecule has 0 aromatic rings. The Hall–Kier alpha value is -2.45. The third kappa shape index (κ3) is 27.9.